The molecular formula is C15H12BrN5. The quantitative estimate of drug-likeness (QED) is 0.790. The summed E-state index contributed by atoms with van der Waals surface area (Å²) in [6, 6.07) is 11.7. The van der Waals surface area contributed by atoms with Gasteiger partial charge in [-0.05, 0) is 22.0 Å². The molecule has 0 saturated carbocycles. The summed E-state index contributed by atoms with van der Waals surface area (Å²) in [4.78, 5) is 17.5. The molecule has 0 unspecified atom stereocenters. The number of nitrogens with one attached hydrogen (secondary N) is 1. The first-order valence-electron chi connectivity index (χ1n) is 6.37. The fraction of sp³-hybridized carbons (Fsp3) is 0.0667. The second-order valence-corrected chi connectivity index (χ2v) is 5.04. The van der Waals surface area contributed by atoms with Gasteiger partial charge in [0.1, 0.15) is 5.82 Å². The Hall–Kier alpha value is -2.34. The summed E-state index contributed by atoms with van der Waals surface area (Å²) in [5.41, 5.74) is 1.80. The number of benzene rings is 1. The van der Waals surface area contributed by atoms with E-state index < -0.39 is 0 Å². The SMILES string of the molecule is CNc1nc(-c2ncccn2)nc(-c2ccccc2)c1Br. The highest BCUT2D eigenvalue weighted by Crippen LogP contribution is 2.32. The van der Waals surface area contributed by atoms with Gasteiger partial charge in [0.2, 0.25) is 0 Å². The third-order valence-corrected chi connectivity index (χ3v) is 3.65. The van der Waals surface area contributed by atoms with Crippen LogP contribution in [-0.4, -0.2) is 27.0 Å². The molecule has 1 N–H and O–H groups in total. The predicted molar refractivity (Wildman–Crippen MR) is 85.7 cm³/mol. The Kier molecular flexibility index (Phi) is 3.87. The lowest BCUT2D eigenvalue weighted by molar-refractivity contribution is 1.07. The normalized spacial score (nSPS) is 10.4. The van der Waals surface area contributed by atoms with Crippen molar-refractivity contribution in [2.24, 2.45) is 0 Å². The van der Waals surface area contributed by atoms with Gasteiger partial charge in [0.15, 0.2) is 11.6 Å². The minimum absolute atomic E-state index is 0.488. The molecule has 0 saturated heterocycles. The van der Waals surface area contributed by atoms with Crippen LogP contribution in [0.15, 0.2) is 53.3 Å². The van der Waals surface area contributed by atoms with Crippen LogP contribution < -0.4 is 5.32 Å². The van der Waals surface area contributed by atoms with Gasteiger partial charge in [-0.1, -0.05) is 30.3 Å². The minimum atomic E-state index is 0.488. The summed E-state index contributed by atoms with van der Waals surface area (Å²) < 4.78 is 0.816. The van der Waals surface area contributed by atoms with Crippen LogP contribution in [0.4, 0.5) is 5.82 Å². The van der Waals surface area contributed by atoms with Crippen molar-refractivity contribution in [2.45, 2.75) is 0 Å². The van der Waals surface area contributed by atoms with Crippen LogP contribution in [0.1, 0.15) is 0 Å². The van der Waals surface area contributed by atoms with Crippen LogP contribution in [-0.2, 0) is 0 Å². The number of halogens is 1. The average Bonchev–Trinajstić information content (AvgIpc) is 2.56. The van der Waals surface area contributed by atoms with Crippen LogP contribution in [0.3, 0.4) is 0 Å². The zero-order valence-corrected chi connectivity index (χ0v) is 12.9. The molecular weight excluding hydrogens is 330 g/mol. The van der Waals surface area contributed by atoms with Gasteiger partial charge in [-0.15, -0.1) is 0 Å². The zero-order valence-electron chi connectivity index (χ0n) is 11.3. The molecule has 0 aliphatic carbocycles. The summed E-state index contributed by atoms with van der Waals surface area (Å²) in [6.45, 7) is 0. The Labute approximate surface area is 130 Å². The Bertz CT molecular complexity index is 747. The van der Waals surface area contributed by atoms with Crippen LogP contribution >= 0.6 is 15.9 Å². The van der Waals surface area contributed by atoms with Crippen LogP contribution in [0.25, 0.3) is 22.9 Å². The Balaban J connectivity index is 2.21. The first-order chi connectivity index (χ1) is 10.3. The zero-order chi connectivity index (χ0) is 14.7. The third kappa shape index (κ3) is 2.75. The predicted octanol–water partition coefficient (Wildman–Crippen LogP) is 3.40. The van der Waals surface area contributed by atoms with Gasteiger partial charge < -0.3 is 5.32 Å². The first-order valence-corrected chi connectivity index (χ1v) is 7.17. The molecule has 0 amide bonds. The summed E-state index contributed by atoms with van der Waals surface area (Å²) in [7, 11) is 1.82. The molecule has 3 rings (SSSR count). The number of hydrogen-bond donors (Lipinski definition) is 1. The molecule has 2 aromatic heterocycles. The lowest BCUT2D eigenvalue weighted by Gasteiger charge is -2.10. The highest BCUT2D eigenvalue weighted by molar-refractivity contribution is 9.10. The lowest BCUT2D eigenvalue weighted by Crippen LogP contribution is -2.02. The van der Waals surface area contributed by atoms with E-state index in [1.165, 1.54) is 0 Å². The molecule has 0 aliphatic heterocycles. The standard InChI is InChI=1S/C15H12BrN5/c1-17-13-11(16)12(10-6-3-2-4-7-10)20-15(21-13)14-18-8-5-9-19-14/h2-9H,1H3,(H,17,20,21). The highest BCUT2D eigenvalue weighted by Gasteiger charge is 2.15. The topological polar surface area (TPSA) is 63.6 Å². The number of nitrogens with zero attached hydrogens (tertiary/aromatic N) is 4. The van der Waals surface area contributed by atoms with Crippen LogP contribution in [0, 0.1) is 0 Å². The molecule has 1 aromatic carbocycles. The van der Waals surface area contributed by atoms with Crippen molar-refractivity contribution < 1.29 is 0 Å². The Morgan fingerprint density at radius 3 is 2.29 bits per heavy atom. The molecule has 0 atom stereocenters. The monoisotopic (exact) mass is 341 g/mol. The van der Waals surface area contributed by atoms with Crippen LogP contribution in [0.5, 0.6) is 0 Å². The summed E-state index contributed by atoms with van der Waals surface area (Å²) >= 11 is 3.56. The molecule has 6 heteroatoms. The molecule has 2 heterocycles. The summed E-state index contributed by atoms with van der Waals surface area (Å²) in [5, 5.41) is 3.06. The fourth-order valence-corrected chi connectivity index (χ4v) is 2.52. The van der Waals surface area contributed by atoms with Gasteiger partial charge in [-0.3, -0.25) is 0 Å². The van der Waals surface area contributed by atoms with E-state index in [0.29, 0.717) is 17.5 Å². The van der Waals surface area contributed by atoms with Crippen molar-refractivity contribution in [2.75, 3.05) is 12.4 Å². The van der Waals surface area contributed by atoms with Gasteiger partial charge in [0.05, 0.1) is 10.2 Å². The number of anilines is 1. The fourth-order valence-electron chi connectivity index (χ4n) is 1.91. The smallest absolute Gasteiger partial charge is 0.200 e. The van der Waals surface area contributed by atoms with E-state index >= 15 is 0 Å². The molecule has 21 heavy (non-hydrogen) atoms. The largest absolute Gasteiger partial charge is 0.372 e. The van der Waals surface area contributed by atoms with Gasteiger partial charge in [0, 0.05) is 25.0 Å². The maximum absolute atomic E-state index is 4.60. The summed E-state index contributed by atoms with van der Waals surface area (Å²) in [5.74, 6) is 1.69. The van der Waals surface area contributed by atoms with Crippen LogP contribution in [0.2, 0.25) is 0 Å². The van der Waals surface area contributed by atoms with Crippen molar-refractivity contribution in [1.82, 2.24) is 19.9 Å². The van der Waals surface area contributed by atoms with Crippen molar-refractivity contribution in [3.63, 3.8) is 0 Å². The lowest BCUT2D eigenvalue weighted by atomic mass is 10.1. The van der Waals surface area contributed by atoms with E-state index in [1.54, 1.807) is 18.5 Å². The van der Waals surface area contributed by atoms with E-state index in [0.717, 1.165) is 15.7 Å². The van der Waals surface area contributed by atoms with Crippen molar-refractivity contribution in [3.05, 3.63) is 53.3 Å². The minimum Gasteiger partial charge on any atom is -0.372 e. The second kappa shape index (κ2) is 5.97. The van der Waals surface area contributed by atoms with Crippen molar-refractivity contribution in [1.29, 1.82) is 0 Å². The Morgan fingerprint density at radius 1 is 0.905 bits per heavy atom. The Morgan fingerprint density at radius 2 is 1.62 bits per heavy atom. The maximum Gasteiger partial charge on any atom is 0.200 e. The molecule has 0 bridgehead atoms. The first kappa shape index (κ1) is 13.6. The number of hydrogen-bond acceptors (Lipinski definition) is 5. The molecule has 3 aromatic rings. The van der Waals surface area contributed by atoms with Crippen molar-refractivity contribution >= 4 is 21.7 Å². The van der Waals surface area contributed by atoms with E-state index in [-0.39, 0.29) is 0 Å². The number of aromatic nitrogens is 4. The molecule has 0 fully saturated rings. The molecule has 0 spiro atoms. The van der Waals surface area contributed by atoms with Gasteiger partial charge in [0.25, 0.3) is 0 Å². The number of rotatable bonds is 3. The van der Waals surface area contributed by atoms with E-state index in [1.807, 2.05) is 37.4 Å². The molecule has 5 nitrogen and oxygen atoms in total. The molecule has 104 valence electrons. The van der Waals surface area contributed by atoms with Gasteiger partial charge >= 0.3 is 0 Å². The van der Waals surface area contributed by atoms with Gasteiger partial charge in [-0.2, -0.15) is 0 Å². The van der Waals surface area contributed by atoms with Crippen molar-refractivity contribution in [3.8, 4) is 22.9 Å². The van der Waals surface area contributed by atoms with E-state index in [2.05, 4.69) is 41.2 Å². The highest BCUT2D eigenvalue weighted by atomic mass is 79.9. The third-order valence-electron chi connectivity index (χ3n) is 2.90. The molecule has 0 aliphatic rings. The van der Waals surface area contributed by atoms with Gasteiger partial charge in [-0.25, -0.2) is 19.9 Å². The van der Waals surface area contributed by atoms with E-state index in [9.17, 15) is 0 Å². The average molecular weight is 342 g/mol. The molecule has 0 radical (unpaired) electrons. The summed E-state index contributed by atoms with van der Waals surface area (Å²) in [6.07, 6.45) is 3.35. The van der Waals surface area contributed by atoms with E-state index in [4.69, 9.17) is 0 Å². The second-order valence-electron chi connectivity index (χ2n) is 4.25. The maximum atomic E-state index is 4.60.